The molecule has 0 heterocycles. The molecule has 20 heavy (non-hydrogen) atoms. The van der Waals surface area contributed by atoms with Crippen molar-refractivity contribution in [3.8, 4) is 0 Å². The molecular weight excluding hydrogens is 270 g/mol. The van der Waals surface area contributed by atoms with E-state index in [1.807, 2.05) is 14.0 Å². The van der Waals surface area contributed by atoms with Crippen molar-refractivity contribution in [1.82, 2.24) is 5.32 Å². The lowest BCUT2D eigenvalue weighted by atomic mass is 9.95. The van der Waals surface area contributed by atoms with Crippen molar-refractivity contribution in [2.75, 3.05) is 25.2 Å². The Morgan fingerprint density at radius 3 is 2.40 bits per heavy atom. The van der Waals surface area contributed by atoms with Crippen molar-refractivity contribution >= 4 is 17.7 Å². The summed E-state index contributed by atoms with van der Waals surface area (Å²) >= 11 is 1.61. The molecule has 0 saturated heterocycles. The molecular formula is C16H25NO2S. The lowest BCUT2D eigenvalue weighted by Gasteiger charge is -2.21. The van der Waals surface area contributed by atoms with E-state index in [-0.39, 0.29) is 12.0 Å². The number of rotatable bonds is 7. The molecule has 1 aromatic rings. The molecule has 1 unspecified atom stereocenters. The Kier molecular flexibility index (Phi) is 7.10. The Morgan fingerprint density at radius 1 is 1.30 bits per heavy atom. The molecule has 0 aliphatic carbocycles. The molecule has 0 aliphatic heterocycles. The average Bonchev–Trinajstić information content (AvgIpc) is 2.36. The number of carbonyl (C=O) groups is 1. The monoisotopic (exact) mass is 295 g/mol. The van der Waals surface area contributed by atoms with Crippen LogP contribution in [-0.4, -0.2) is 31.1 Å². The number of thioether (sulfide) groups is 1. The predicted molar refractivity (Wildman–Crippen MR) is 86.4 cm³/mol. The van der Waals surface area contributed by atoms with Crippen molar-refractivity contribution in [1.29, 1.82) is 0 Å². The molecule has 1 N–H and O–H groups in total. The summed E-state index contributed by atoms with van der Waals surface area (Å²) in [5.74, 6) is 1.14. The summed E-state index contributed by atoms with van der Waals surface area (Å²) in [6.45, 7) is 8.70. The minimum absolute atomic E-state index is 0.135. The fourth-order valence-electron chi connectivity index (χ4n) is 2.51. The maximum atomic E-state index is 11.4. The second-order valence-corrected chi connectivity index (χ2v) is 6.00. The van der Waals surface area contributed by atoms with Gasteiger partial charge >= 0.3 is 5.97 Å². The van der Waals surface area contributed by atoms with Gasteiger partial charge in [0.15, 0.2) is 0 Å². The number of carbonyl (C=O) groups excluding carboxylic acids is 1. The highest BCUT2D eigenvalue weighted by molar-refractivity contribution is 7.99. The van der Waals surface area contributed by atoms with Crippen LogP contribution in [0.1, 0.15) is 35.2 Å². The van der Waals surface area contributed by atoms with Gasteiger partial charge in [-0.15, -0.1) is 11.8 Å². The minimum Gasteiger partial charge on any atom is -0.465 e. The van der Waals surface area contributed by atoms with E-state index < -0.39 is 0 Å². The van der Waals surface area contributed by atoms with E-state index >= 15 is 0 Å². The molecule has 1 atom stereocenters. The Labute approximate surface area is 126 Å². The first kappa shape index (κ1) is 17.1. The predicted octanol–water partition coefficient (Wildman–Crippen LogP) is 3.17. The zero-order valence-electron chi connectivity index (χ0n) is 13.1. The molecule has 112 valence electrons. The summed E-state index contributed by atoms with van der Waals surface area (Å²) in [5, 5.41) is 3.35. The standard InChI is InChI=1S/C16H25NO2S/c1-6-19-15(18)10-20-9-14(17-5)16-12(3)7-11(2)8-13(16)4/h7-8,14,17H,6,9-10H2,1-5H3. The Hall–Kier alpha value is -1.00. The quantitative estimate of drug-likeness (QED) is 0.784. The van der Waals surface area contributed by atoms with Crippen molar-refractivity contribution in [3.05, 3.63) is 34.4 Å². The third-order valence-electron chi connectivity index (χ3n) is 3.24. The summed E-state index contributed by atoms with van der Waals surface area (Å²) < 4.78 is 4.95. The van der Waals surface area contributed by atoms with E-state index in [9.17, 15) is 4.79 Å². The van der Waals surface area contributed by atoms with Crippen LogP contribution in [0.3, 0.4) is 0 Å². The van der Waals surface area contributed by atoms with E-state index in [0.717, 1.165) is 5.75 Å². The van der Waals surface area contributed by atoms with Crippen molar-refractivity contribution in [3.63, 3.8) is 0 Å². The second kappa shape index (κ2) is 8.32. The van der Waals surface area contributed by atoms with Gasteiger partial charge < -0.3 is 10.1 Å². The molecule has 0 aromatic heterocycles. The van der Waals surface area contributed by atoms with E-state index in [1.54, 1.807) is 11.8 Å². The second-order valence-electron chi connectivity index (χ2n) is 4.97. The third kappa shape index (κ3) is 4.84. The molecule has 0 spiro atoms. The molecule has 0 fully saturated rings. The molecule has 0 bridgehead atoms. The molecule has 0 aliphatic rings. The average molecular weight is 295 g/mol. The highest BCUT2D eigenvalue weighted by Gasteiger charge is 2.15. The molecule has 0 radical (unpaired) electrons. The number of ether oxygens (including phenoxy) is 1. The van der Waals surface area contributed by atoms with Crippen LogP contribution in [0.4, 0.5) is 0 Å². The first-order chi connectivity index (χ1) is 9.49. The Bertz CT molecular complexity index is 437. The van der Waals surface area contributed by atoms with Gasteiger partial charge in [0.2, 0.25) is 0 Å². The Balaban J connectivity index is 2.70. The van der Waals surface area contributed by atoms with Gasteiger partial charge in [-0.25, -0.2) is 0 Å². The number of esters is 1. The molecule has 4 heteroatoms. The van der Waals surface area contributed by atoms with E-state index in [2.05, 4.69) is 38.2 Å². The third-order valence-corrected chi connectivity index (χ3v) is 4.25. The molecule has 0 saturated carbocycles. The van der Waals surface area contributed by atoms with Gasteiger partial charge in [-0.05, 0) is 51.4 Å². The first-order valence-electron chi connectivity index (χ1n) is 6.98. The number of nitrogens with one attached hydrogen (secondary N) is 1. The van der Waals surface area contributed by atoms with Crippen LogP contribution < -0.4 is 5.32 Å². The largest absolute Gasteiger partial charge is 0.465 e. The van der Waals surface area contributed by atoms with Crippen LogP contribution in [0.2, 0.25) is 0 Å². The van der Waals surface area contributed by atoms with Crippen molar-refractivity contribution < 1.29 is 9.53 Å². The molecule has 1 aromatic carbocycles. The normalized spacial score (nSPS) is 12.2. The fraction of sp³-hybridized carbons (Fsp3) is 0.562. The zero-order valence-corrected chi connectivity index (χ0v) is 13.9. The number of hydrogen-bond donors (Lipinski definition) is 1. The number of aryl methyl sites for hydroxylation is 3. The SMILES string of the molecule is CCOC(=O)CSCC(NC)c1c(C)cc(C)cc1C. The van der Waals surface area contributed by atoms with Gasteiger partial charge in [-0.2, -0.15) is 0 Å². The summed E-state index contributed by atoms with van der Waals surface area (Å²) in [4.78, 5) is 11.4. The van der Waals surface area contributed by atoms with E-state index in [0.29, 0.717) is 12.4 Å². The van der Waals surface area contributed by atoms with E-state index in [1.165, 1.54) is 22.3 Å². The molecule has 1 rings (SSSR count). The summed E-state index contributed by atoms with van der Waals surface area (Å²) in [5.41, 5.74) is 5.24. The molecule has 0 amide bonds. The maximum absolute atomic E-state index is 11.4. The first-order valence-corrected chi connectivity index (χ1v) is 8.13. The van der Waals surface area contributed by atoms with Crippen molar-refractivity contribution in [2.45, 2.75) is 33.7 Å². The lowest BCUT2D eigenvalue weighted by molar-refractivity contribution is -0.139. The van der Waals surface area contributed by atoms with Gasteiger partial charge in [0.25, 0.3) is 0 Å². The minimum atomic E-state index is -0.135. The summed E-state index contributed by atoms with van der Waals surface area (Å²) in [6, 6.07) is 4.68. The van der Waals surface area contributed by atoms with Gasteiger partial charge in [-0.1, -0.05) is 17.7 Å². The van der Waals surface area contributed by atoms with Crippen LogP contribution in [0.5, 0.6) is 0 Å². The van der Waals surface area contributed by atoms with Gasteiger partial charge in [0, 0.05) is 11.8 Å². The van der Waals surface area contributed by atoms with Crippen LogP contribution in [0.25, 0.3) is 0 Å². The summed E-state index contributed by atoms with van der Waals surface area (Å²) in [7, 11) is 1.97. The zero-order chi connectivity index (χ0) is 15.1. The maximum Gasteiger partial charge on any atom is 0.315 e. The summed E-state index contributed by atoms with van der Waals surface area (Å²) in [6.07, 6.45) is 0. The van der Waals surface area contributed by atoms with Crippen LogP contribution in [0.15, 0.2) is 12.1 Å². The van der Waals surface area contributed by atoms with Crippen LogP contribution in [0, 0.1) is 20.8 Å². The van der Waals surface area contributed by atoms with E-state index in [4.69, 9.17) is 4.74 Å². The topological polar surface area (TPSA) is 38.3 Å². The smallest absolute Gasteiger partial charge is 0.315 e. The number of benzene rings is 1. The highest BCUT2D eigenvalue weighted by Crippen LogP contribution is 2.26. The van der Waals surface area contributed by atoms with Crippen LogP contribution >= 0.6 is 11.8 Å². The fourth-order valence-corrected chi connectivity index (χ4v) is 3.45. The number of hydrogen-bond acceptors (Lipinski definition) is 4. The highest BCUT2D eigenvalue weighted by atomic mass is 32.2. The van der Waals surface area contributed by atoms with Gasteiger partial charge in [0.1, 0.15) is 0 Å². The van der Waals surface area contributed by atoms with Crippen LogP contribution in [-0.2, 0) is 9.53 Å². The van der Waals surface area contributed by atoms with Crippen molar-refractivity contribution in [2.24, 2.45) is 0 Å². The molecule has 3 nitrogen and oxygen atoms in total. The lowest BCUT2D eigenvalue weighted by Crippen LogP contribution is -2.22. The van der Waals surface area contributed by atoms with Gasteiger partial charge in [0.05, 0.1) is 12.4 Å². The Morgan fingerprint density at radius 2 is 1.90 bits per heavy atom. The van der Waals surface area contributed by atoms with Gasteiger partial charge in [-0.3, -0.25) is 4.79 Å².